The molecule has 7 aliphatic rings. The van der Waals surface area contributed by atoms with Crippen LogP contribution in [0, 0.1) is 11.8 Å². The number of esters is 2. The van der Waals surface area contributed by atoms with Gasteiger partial charge in [-0.25, -0.2) is 19.6 Å². The number of methoxy groups -OCH3 is 2. The number of carbonyl (C=O) groups is 9. The van der Waals surface area contributed by atoms with Crippen molar-refractivity contribution >= 4 is 109 Å². The number of amides is 2. The normalized spacial score (nSPS) is 19.6. The zero-order valence-electron chi connectivity index (χ0n) is 38.9. The Morgan fingerprint density at radius 1 is 0.618 bits per heavy atom. The van der Waals surface area contributed by atoms with Crippen molar-refractivity contribution in [1.29, 1.82) is 0 Å². The molecule has 6 aliphatic carbocycles. The molecule has 4 fully saturated rings. The van der Waals surface area contributed by atoms with E-state index in [1.807, 2.05) is 27.7 Å². The van der Waals surface area contributed by atoms with Crippen molar-refractivity contribution in [2.45, 2.75) is 122 Å². The van der Waals surface area contributed by atoms with E-state index >= 15 is 0 Å². The van der Waals surface area contributed by atoms with E-state index in [9.17, 15) is 43.2 Å². The zero-order chi connectivity index (χ0) is 49.9. The van der Waals surface area contributed by atoms with E-state index in [2.05, 4.69) is 57.2 Å². The number of allylic oxidation sites excluding steroid dienone is 6. The lowest BCUT2D eigenvalue weighted by atomic mass is 9.78. The summed E-state index contributed by atoms with van der Waals surface area (Å²) < 4.78 is 22.6. The first-order chi connectivity index (χ1) is 32.1. The van der Waals surface area contributed by atoms with E-state index in [4.69, 9.17) is 14.0 Å². The minimum Gasteiger partial charge on any atom is -0.464 e. The van der Waals surface area contributed by atoms with Crippen LogP contribution < -0.4 is 10.6 Å². The number of halogens is 2. The number of anilines is 2. The highest BCUT2D eigenvalue weighted by atomic mass is 79.9. The molecule has 3 saturated carbocycles. The van der Waals surface area contributed by atoms with Gasteiger partial charge in [-0.15, -0.1) is 0 Å². The number of carbonyl (C=O) groups excluding carboxylic acids is 9. The van der Waals surface area contributed by atoms with Gasteiger partial charge in [0.25, 0.3) is 0 Å². The summed E-state index contributed by atoms with van der Waals surface area (Å²) >= 11 is 6.42. The Balaban J connectivity index is 0.000000169. The van der Waals surface area contributed by atoms with Crippen LogP contribution in [0.5, 0.6) is 0 Å². The number of nitrogens with one attached hydrogen (secondary N) is 2. The van der Waals surface area contributed by atoms with E-state index < -0.39 is 11.9 Å². The Morgan fingerprint density at radius 3 is 1.49 bits per heavy atom. The van der Waals surface area contributed by atoms with Crippen LogP contribution in [0.25, 0.3) is 5.57 Å². The Kier molecular flexibility index (Phi) is 18.8. The Labute approximate surface area is 411 Å². The molecule has 9 rings (SSSR count). The molecule has 17 nitrogen and oxygen atoms in total. The number of hydrogen-bond donors (Lipinski definition) is 2. The summed E-state index contributed by atoms with van der Waals surface area (Å²) in [5.74, 6) is 0.259. The third kappa shape index (κ3) is 15.6. The van der Waals surface area contributed by atoms with Gasteiger partial charge in [0, 0.05) is 49.5 Å². The van der Waals surface area contributed by atoms with E-state index in [1.165, 1.54) is 20.3 Å². The fraction of sp³-hybridized carbons (Fsp3) is 0.479. The van der Waals surface area contributed by atoms with Crippen molar-refractivity contribution in [2.24, 2.45) is 11.8 Å². The second-order valence-electron chi connectivity index (χ2n) is 17.9. The summed E-state index contributed by atoms with van der Waals surface area (Å²) in [6.07, 6.45) is 13.6. The molecule has 0 atom stereocenters. The summed E-state index contributed by atoms with van der Waals surface area (Å²) in [5, 5.41) is 5.38. The number of aromatic nitrogens is 2. The molecule has 2 aromatic heterocycles. The van der Waals surface area contributed by atoms with Crippen LogP contribution in [0.2, 0.25) is 0 Å². The Hall–Kier alpha value is -5.31. The van der Waals surface area contributed by atoms with Crippen LogP contribution in [-0.4, -0.2) is 95.2 Å². The van der Waals surface area contributed by atoms with Gasteiger partial charge in [-0.1, -0.05) is 15.9 Å². The molecule has 0 bridgehead atoms. The minimum absolute atomic E-state index is 0.0388. The van der Waals surface area contributed by atoms with Crippen molar-refractivity contribution in [1.82, 2.24) is 9.97 Å². The van der Waals surface area contributed by atoms with Crippen molar-refractivity contribution in [2.75, 3.05) is 24.9 Å². The molecule has 2 N–H and O–H groups in total. The van der Waals surface area contributed by atoms with E-state index in [0.29, 0.717) is 60.2 Å². The number of rotatable bonds is 8. The molecule has 362 valence electrons. The highest BCUT2D eigenvalue weighted by Crippen LogP contribution is 2.40. The lowest BCUT2D eigenvalue weighted by molar-refractivity contribution is -0.122. The maximum atomic E-state index is 11.9. The van der Waals surface area contributed by atoms with E-state index in [-0.39, 0.29) is 88.7 Å². The number of ketones is 5. The lowest BCUT2D eigenvalue weighted by Gasteiger charge is -2.32. The van der Waals surface area contributed by atoms with Crippen LogP contribution in [-0.2, 0) is 52.3 Å². The number of pyridine rings is 2. The molecule has 0 unspecified atom stereocenters. The summed E-state index contributed by atoms with van der Waals surface area (Å²) in [5.41, 5.74) is 1.99. The smallest absolute Gasteiger partial charge is 0.464 e. The fourth-order valence-electron chi connectivity index (χ4n) is 6.78. The summed E-state index contributed by atoms with van der Waals surface area (Å²) in [6, 6.07) is 6.64. The van der Waals surface area contributed by atoms with Crippen LogP contribution in [0.1, 0.15) is 138 Å². The largest absolute Gasteiger partial charge is 0.490 e. The van der Waals surface area contributed by atoms with Crippen LogP contribution in [0.15, 0.2) is 56.9 Å². The molecule has 2 amide bonds. The SMILES string of the molecule is CC1(C)OB(C2=CC(=O)CC2)OC1(C)C.COC(=O)c1nc(NC(=O)C2CC2)ccc1Br.COC(=O)c1nc(NC(=O)C2CC2)ccc1C1=CC(=O)CC1.O=C1C=C(Br)CC1.O=C1CCC(=O)C1. The molecular weight excluding hydrogens is 1010 g/mol. The van der Waals surface area contributed by atoms with Crippen molar-refractivity contribution < 1.29 is 61.9 Å². The minimum atomic E-state index is -0.585. The van der Waals surface area contributed by atoms with Gasteiger partial charge in [-0.05, 0) is 147 Å². The molecule has 0 radical (unpaired) electrons. The van der Waals surface area contributed by atoms with E-state index in [0.717, 1.165) is 54.1 Å². The highest BCUT2D eigenvalue weighted by Gasteiger charge is 2.52. The van der Waals surface area contributed by atoms with Gasteiger partial charge in [-0.2, -0.15) is 0 Å². The molecule has 0 aromatic carbocycles. The number of ether oxygens (including phenoxy) is 2. The molecule has 2 aromatic rings. The molecule has 1 saturated heterocycles. The van der Waals surface area contributed by atoms with Gasteiger partial charge >= 0.3 is 19.1 Å². The molecule has 20 heteroatoms. The fourth-order valence-corrected chi connectivity index (χ4v) is 7.62. The lowest BCUT2D eigenvalue weighted by Crippen LogP contribution is -2.41. The summed E-state index contributed by atoms with van der Waals surface area (Å²) in [6.45, 7) is 8.07. The van der Waals surface area contributed by atoms with Crippen LogP contribution in [0.4, 0.5) is 11.6 Å². The molecule has 3 heterocycles. The highest BCUT2D eigenvalue weighted by molar-refractivity contribution is 9.11. The van der Waals surface area contributed by atoms with Crippen molar-refractivity contribution in [3.8, 4) is 0 Å². The average molecular weight is 1070 g/mol. The monoisotopic (exact) mass is 1060 g/mol. The first-order valence-electron chi connectivity index (χ1n) is 22.3. The van der Waals surface area contributed by atoms with Crippen molar-refractivity contribution in [3.05, 3.63) is 73.9 Å². The second kappa shape index (κ2) is 23.8. The van der Waals surface area contributed by atoms with Gasteiger partial charge in [0.05, 0.1) is 36.3 Å². The summed E-state index contributed by atoms with van der Waals surface area (Å²) in [7, 11) is 2.23. The van der Waals surface area contributed by atoms with Gasteiger partial charge in [0.15, 0.2) is 28.7 Å². The predicted molar refractivity (Wildman–Crippen MR) is 257 cm³/mol. The van der Waals surface area contributed by atoms with E-state index in [1.54, 1.807) is 36.4 Å². The molecule has 1 aliphatic heterocycles. The maximum Gasteiger partial charge on any atom is 0.490 e. The predicted octanol–water partition coefficient (Wildman–Crippen LogP) is 7.79. The topological polar surface area (TPSA) is 240 Å². The van der Waals surface area contributed by atoms with Gasteiger partial charge < -0.3 is 29.4 Å². The Morgan fingerprint density at radius 2 is 1.09 bits per heavy atom. The third-order valence-electron chi connectivity index (χ3n) is 11.8. The third-order valence-corrected chi connectivity index (χ3v) is 13.1. The number of hydrogen-bond acceptors (Lipinski definition) is 15. The summed E-state index contributed by atoms with van der Waals surface area (Å²) in [4.78, 5) is 108. The molecule has 0 spiro atoms. The van der Waals surface area contributed by atoms with Gasteiger partial charge in [0.2, 0.25) is 11.8 Å². The van der Waals surface area contributed by atoms with Crippen LogP contribution >= 0.6 is 31.9 Å². The molecule has 68 heavy (non-hydrogen) atoms. The van der Waals surface area contributed by atoms with Crippen molar-refractivity contribution in [3.63, 3.8) is 0 Å². The quantitative estimate of drug-likeness (QED) is 0.146. The van der Waals surface area contributed by atoms with Gasteiger partial charge in [-0.3, -0.25) is 33.6 Å². The first kappa shape index (κ1) is 53.6. The Bertz CT molecular complexity index is 2430. The van der Waals surface area contributed by atoms with Gasteiger partial charge in [0.1, 0.15) is 23.2 Å². The average Bonchev–Trinajstić information content (AvgIpc) is 4.14. The van der Waals surface area contributed by atoms with Crippen LogP contribution in [0.3, 0.4) is 0 Å². The standard InChI is InChI=1S/C16H16N2O4.C11H17BO3.C11H11BrN2O3.C5H5BrO.C5H6O2/c1-22-16(21)14-12(10-4-5-11(19)8-10)6-7-13(17-14)18-15(20)9-2-3-9;1-10(2)11(3,4)15-12(14-10)8-5-6-9(13)7-8;1-17-11(16)9-7(12)4-5-8(13-9)14-10(15)6-2-3-6;2*6-4-1-2-5(7)3-4/h6-9H,2-5H2,1H3,(H,17,18,20);7H,5-6H2,1-4H3;4-6H,2-3H2,1H3,(H,13,14,15);3H,1-2H2;1-3H2. The zero-order valence-corrected chi connectivity index (χ0v) is 42.1. The maximum absolute atomic E-state index is 11.9. The second-order valence-corrected chi connectivity index (χ2v) is 19.7. The number of nitrogens with zero attached hydrogens (tertiary/aromatic N) is 2. The molecular formula is C48H55BBr2N4O13. The first-order valence-corrected chi connectivity index (χ1v) is 23.9. The number of Topliss-reactive ketones (excluding diaryl/α,β-unsaturated/α-hetero) is 2.